The van der Waals surface area contributed by atoms with Crippen molar-refractivity contribution in [3.05, 3.63) is 32.8 Å². The first-order valence-corrected chi connectivity index (χ1v) is 10.5. The highest BCUT2D eigenvalue weighted by molar-refractivity contribution is 7.89. The lowest BCUT2D eigenvalue weighted by molar-refractivity contribution is 0.0949. The molecule has 2 aromatic rings. The van der Waals surface area contributed by atoms with Crippen LogP contribution >= 0.6 is 11.3 Å². The zero-order valence-corrected chi connectivity index (χ0v) is 15.8. The van der Waals surface area contributed by atoms with Crippen molar-refractivity contribution in [1.82, 2.24) is 15.4 Å². The molecular weight excluding hydrogens is 362 g/mol. The number of aromatic nitrogens is 1. The van der Waals surface area contributed by atoms with Crippen LogP contribution in [0.4, 0.5) is 0 Å². The molecule has 0 spiro atoms. The molecule has 2 N–H and O–H groups in total. The molecule has 136 valence electrons. The highest BCUT2D eigenvalue weighted by Crippen LogP contribution is 2.28. The summed E-state index contributed by atoms with van der Waals surface area (Å²) in [6.45, 7) is 3.04. The van der Waals surface area contributed by atoms with E-state index in [2.05, 4.69) is 15.4 Å². The summed E-state index contributed by atoms with van der Waals surface area (Å²) in [5, 5.41) is 3.62. The average molecular weight is 383 g/mol. The van der Waals surface area contributed by atoms with Crippen LogP contribution in [-0.4, -0.2) is 19.5 Å². The number of fused-ring (bicyclic) bond motifs is 1. The van der Waals surface area contributed by atoms with Crippen LogP contribution in [0.5, 0.6) is 0 Å². The third kappa shape index (κ3) is 3.94. The lowest BCUT2D eigenvalue weighted by Crippen LogP contribution is -2.41. The monoisotopic (exact) mass is 383 g/mol. The van der Waals surface area contributed by atoms with Crippen molar-refractivity contribution >= 4 is 27.3 Å². The Morgan fingerprint density at radius 2 is 1.92 bits per heavy atom. The van der Waals surface area contributed by atoms with Crippen LogP contribution in [0.1, 0.15) is 57.2 Å². The van der Waals surface area contributed by atoms with E-state index in [0.717, 1.165) is 25.7 Å². The van der Waals surface area contributed by atoms with Gasteiger partial charge in [-0.2, -0.15) is 0 Å². The van der Waals surface area contributed by atoms with E-state index in [-0.39, 0.29) is 16.3 Å². The van der Waals surface area contributed by atoms with Gasteiger partial charge in [0.25, 0.3) is 15.9 Å². The van der Waals surface area contributed by atoms with Gasteiger partial charge in [0, 0.05) is 4.88 Å². The molecule has 25 heavy (non-hydrogen) atoms. The van der Waals surface area contributed by atoms with Crippen LogP contribution in [0, 0.1) is 13.8 Å². The molecule has 2 heterocycles. The fourth-order valence-electron chi connectivity index (χ4n) is 3.04. The van der Waals surface area contributed by atoms with E-state index < -0.39 is 15.9 Å². The van der Waals surface area contributed by atoms with E-state index >= 15 is 0 Å². The van der Waals surface area contributed by atoms with Gasteiger partial charge in [0.15, 0.2) is 5.76 Å². The Balaban J connectivity index is 1.72. The van der Waals surface area contributed by atoms with Gasteiger partial charge in [-0.15, -0.1) is 16.2 Å². The molecular formula is C16H21N3O4S2. The van der Waals surface area contributed by atoms with Gasteiger partial charge >= 0.3 is 0 Å². The normalized spacial score (nSPS) is 15.3. The molecule has 1 amide bonds. The average Bonchev–Trinajstić information content (AvgIpc) is 3.08. The SMILES string of the molecule is Cc1noc(C)c1S(=O)(=O)NNC(=O)c1cc2c(s1)CCCCCC2. The summed E-state index contributed by atoms with van der Waals surface area (Å²) >= 11 is 1.44. The fourth-order valence-corrected chi connectivity index (χ4v) is 5.36. The zero-order valence-electron chi connectivity index (χ0n) is 14.2. The maximum atomic E-state index is 12.4. The van der Waals surface area contributed by atoms with E-state index in [1.807, 2.05) is 6.07 Å². The summed E-state index contributed by atoms with van der Waals surface area (Å²) in [6.07, 6.45) is 6.66. The fraction of sp³-hybridized carbons (Fsp3) is 0.500. The molecule has 2 aromatic heterocycles. The standard InChI is InChI=1S/C16H21N3O4S2/c1-10-15(11(2)23-18-10)25(21,22)19-17-16(20)14-9-12-7-5-3-4-6-8-13(12)24-14/h9,19H,3-8H2,1-2H3,(H,17,20). The smallest absolute Gasteiger partial charge is 0.276 e. The first-order valence-electron chi connectivity index (χ1n) is 8.25. The van der Waals surface area contributed by atoms with Gasteiger partial charge in [0.1, 0.15) is 10.6 Å². The molecule has 0 bridgehead atoms. The van der Waals surface area contributed by atoms with Gasteiger partial charge in [-0.1, -0.05) is 18.0 Å². The van der Waals surface area contributed by atoms with Crippen LogP contribution in [0.2, 0.25) is 0 Å². The lowest BCUT2D eigenvalue weighted by atomic mass is 10.00. The number of amides is 1. The topological polar surface area (TPSA) is 101 Å². The van der Waals surface area contributed by atoms with Crippen molar-refractivity contribution in [2.45, 2.75) is 57.3 Å². The Bertz CT molecular complexity index is 838. The molecule has 0 aliphatic heterocycles. The number of hydrogen-bond donors (Lipinski definition) is 2. The number of aryl methyl sites for hydroxylation is 4. The van der Waals surface area contributed by atoms with Crippen LogP contribution in [-0.2, 0) is 22.9 Å². The maximum Gasteiger partial charge on any atom is 0.276 e. The van der Waals surface area contributed by atoms with E-state index in [4.69, 9.17) is 4.52 Å². The molecule has 0 radical (unpaired) electrons. The predicted octanol–water partition coefficient (Wildman–Crippen LogP) is 2.64. The van der Waals surface area contributed by atoms with Crippen LogP contribution < -0.4 is 10.3 Å². The molecule has 0 atom stereocenters. The number of carbonyl (C=O) groups is 1. The Morgan fingerprint density at radius 3 is 2.60 bits per heavy atom. The Hall–Kier alpha value is -1.71. The van der Waals surface area contributed by atoms with Crippen molar-refractivity contribution in [2.75, 3.05) is 0 Å². The van der Waals surface area contributed by atoms with E-state index in [1.165, 1.54) is 48.5 Å². The third-order valence-corrected chi connectivity index (χ3v) is 6.98. The third-order valence-electron chi connectivity index (χ3n) is 4.26. The number of nitrogens with zero attached hydrogens (tertiary/aromatic N) is 1. The highest BCUT2D eigenvalue weighted by Gasteiger charge is 2.25. The van der Waals surface area contributed by atoms with Crippen molar-refractivity contribution < 1.29 is 17.7 Å². The summed E-state index contributed by atoms with van der Waals surface area (Å²) in [4.78, 5) is 16.2. The van der Waals surface area contributed by atoms with Crippen molar-refractivity contribution in [3.63, 3.8) is 0 Å². The van der Waals surface area contributed by atoms with Gasteiger partial charge in [-0.25, -0.2) is 8.42 Å². The number of thiophene rings is 1. The van der Waals surface area contributed by atoms with Crippen LogP contribution in [0.15, 0.2) is 15.5 Å². The molecule has 1 aliphatic carbocycles. The first-order chi connectivity index (χ1) is 11.9. The highest BCUT2D eigenvalue weighted by atomic mass is 32.2. The second-order valence-corrected chi connectivity index (χ2v) is 8.94. The number of sulfonamides is 1. The van der Waals surface area contributed by atoms with E-state index in [0.29, 0.717) is 4.88 Å². The molecule has 1 aliphatic rings. The minimum absolute atomic E-state index is 0.0498. The Labute approximate surface area is 150 Å². The van der Waals surface area contributed by atoms with Crippen molar-refractivity contribution in [3.8, 4) is 0 Å². The molecule has 0 unspecified atom stereocenters. The molecule has 7 nitrogen and oxygen atoms in total. The lowest BCUT2D eigenvalue weighted by Gasteiger charge is -2.07. The zero-order chi connectivity index (χ0) is 18.0. The Kier molecular flexibility index (Phi) is 5.26. The molecule has 0 saturated carbocycles. The molecule has 0 fully saturated rings. The number of rotatable bonds is 4. The number of nitrogens with one attached hydrogen (secondary N) is 2. The van der Waals surface area contributed by atoms with Gasteiger partial charge in [-0.3, -0.25) is 10.2 Å². The summed E-state index contributed by atoms with van der Waals surface area (Å²) in [6, 6.07) is 1.88. The number of carbonyl (C=O) groups excluding carboxylic acids is 1. The van der Waals surface area contributed by atoms with E-state index in [1.54, 1.807) is 0 Å². The minimum Gasteiger partial charge on any atom is -0.360 e. The summed E-state index contributed by atoms with van der Waals surface area (Å²) < 4.78 is 29.5. The molecule has 3 rings (SSSR count). The Morgan fingerprint density at radius 1 is 1.20 bits per heavy atom. The molecule has 0 saturated heterocycles. The summed E-state index contributed by atoms with van der Waals surface area (Å²) in [5.41, 5.74) is 3.75. The number of hydrogen-bond acceptors (Lipinski definition) is 6. The van der Waals surface area contributed by atoms with Gasteiger partial charge in [0.05, 0.1) is 4.88 Å². The summed E-state index contributed by atoms with van der Waals surface area (Å²) in [7, 11) is -3.93. The predicted molar refractivity (Wildman–Crippen MR) is 94.0 cm³/mol. The second-order valence-electron chi connectivity index (χ2n) is 6.19. The second kappa shape index (κ2) is 7.27. The minimum atomic E-state index is -3.93. The summed E-state index contributed by atoms with van der Waals surface area (Å²) in [5.74, 6) is -0.273. The molecule has 0 aromatic carbocycles. The van der Waals surface area contributed by atoms with E-state index in [9.17, 15) is 13.2 Å². The van der Waals surface area contributed by atoms with Gasteiger partial charge in [-0.05, 0) is 51.2 Å². The van der Waals surface area contributed by atoms with Crippen LogP contribution in [0.25, 0.3) is 0 Å². The van der Waals surface area contributed by atoms with Crippen LogP contribution in [0.3, 0.4) is 0 Å². The maximum absolute atomic E-state index is 12.4. The number of hydrazine groups is 1. The van der Waals surface area contributed by atoms with Gasteiger partial charge < -0.3 is 4.52 Å². The van der Waals surface area contributed by atoms with Gasteiger partial charge in [0.2, 0.25) is 0 Å². The van der Waals surface area contributed by atoms with Crippen molar-refractivity contribution in [2.24, 2.45) is 0 Å². The largest absolute Gasteiger partial charge is 0.360 e. The first kappa shape index (κ1) is 18.1. The quantitative estimate of drug-likeness (QED) is 0.791. The van der Waals surface area contributed by atoms with Crippen molar-refractivity contribution in [1.29, 1.82) is 0 Å². The molecule has 9 heteroatoms.